The molecule has 1 aliphatic carbocycles. The lowest BCUT2D eigenvalue weighted by Gasteiger charge is -2.37. The Hall–Kier alpha value is -3.31. The molecule has 0 unspecified atom stereocenters. The van der Waals surface area contributed by atoms with Gasteiger partial charge in [0.2, 0.25) is 0 Å². The first-order valence-electron chi connectivity index (χ1n) is 12.6. The molecule has 184 valence electrons. The van der Waals surface area contributed by atoms with Crippen LogP contribution in [0.15, 0.2) is 95.3 Å². The lowest BCUT2D eigenvalue weighted by atomic mass is 9.71. The van der Waals surface area contributed by atoms with E-state index in [9.17, 15) is 9.59 Å². The largest absolute Gasteiger partial charge is 0.461 e. The minimum absolute atomic E-state index is 0.0925. The van der Waals surface area contributed by atoms with Crippen molar-refractivity contribution in [3.63, 3.8) is 0 Å². The molecule has 3 aromatic carbocycles. The molecule has 0 radical (unpaired) electrons. The molecule has 0 saturated heterocycles. The van der Waals surface area contributed by atoms with Crippen LogP contribution in [0, 0.1) is 0 Å². The third-order valence-electron chi connectivity index (χ3n) is 7.12. The van der Waals surface area contributed by atoms with Crippen molar-refractivity contribution in [1.29, 1.82) is 0 Å². The number of hydrogen-bond donors (Lipinski definition) is 1. The van der Waals surface area contributed by atoms with Gasteiger partial charge in [0.05, 0.1) is 5.57 Å². The molecule has 0 saturated carbocycles. The first-order chi connectivity index (χ1) is 17.6. The second kappa shape index (κ2) is 10.8. The molecule has 2 atom stereocenters. The summed E-state index contributed by atoms with van der Waals surface area (Å²) < 4.78 is 5.73. The Balaban J connectivity index is 1.60. The van der Waals surface area contributed by atoms with E-state index in [4.69, 9.17) is 4.74 Å². The number of thioether (sulfide) groups is 1. The van der Waals surface area contributed by atoms with Crippen LogP contribution in [0.2, 0.25) is 0 Å². The molecular weight excluding hydrogens is 466 g/mol. The summed E-state index contributed by atoms with van der Waals surface area (Å²) in [5, 5.41) is 5.60. The van der Waals surface area contributed by atoms with E-state index in [-0.39, 0.29) is 17.7 Å². The van der Waals surface area contributed by atoms with Crippen LogP contribution in [-0.4, -0.2) is 29.9 Å². The molecule has 1 N–H and O–H groups in total. The number of esters is 1. The van der Waals surface area contributed by atoms with Crippen LogP contribution in [0.4, 0.5) is 0 Å². The lowest BCUT2D eigenvalue weighted by molar-refractivity contribution is -0.138. The molecule has 5 heteroatoms. The SMILES string of the molecule is CCSCCOC(=O)C1=C(C)NC2=C(C(=O)C[C@@H](c3ccccc3)C2)[C@@H]1c1cccc2ccccc12. The predicted octanol–water partition coefficient (Wildman–Crippen LogP) is 6.50. The van der Waals surface area contributed by atoms with Gasteiger partial charge in [0, 0.05) is 35.1 Å². The summed E-state index contributed by atoms with van der Waals surface area (Å²) in [4.78, 5) is 27.3. The molecule has 0 amide bonds. The minimum atomic E-state index is -0.456. The predicted molar refractivity (Wildman–Crippen MR) is 147 cm³/mol. The van der Waals surface area contributed by atoms with Crippen LogP contribution in [0.25, 0.3) is 10.8 Å². The molecule has 0 fully saturated rings. The molecule has 4 nitrogen and oxygen atoms in total. The molecular formula is C31H31NO3S. The molecule has 1 heterocycles. The summed E-state index contributed by atoms with van der Waals surface area (Å²) >= 11 is 1.74. The van der Waals surface area contributed by atoms with Crippen molar-refractivity contribution in [3.05, 3.63) is 106 Å². The van der Waals surface area contributed by atoms with Crippen molar-refractivity contribution in [1.82, 2.24) is 5.32 Å². The maximum atomic E-state index is 13.8. The van der Waals surface area contributed by atoms with E-state index in [1.807, 2.05) is 49.4 Å². The highest BCUT2D eigenvalue weighted by Gasteiger charge is 2.41. The summed E-state index contributed by atoms with van der Waals surface area (Å²) in [6, 6.07) is 24.5. The number of Topliss-reactive ketones (excluding diaryl/α,β-unsaturated/α-hetero) is 1. The number of ketones is 1. The van der Waals surface area contributed by atoms with Gasteiger partial charge in [0.1, 0.15) is 6.61 Å². The number of benzene rings is 3. The van der Waals surface area contributed by atoms with E-state index in [0.717, 1.165) is 45.7 Å². The zero-order valence-electron chi connectivity index (χ0n) is 20.8. The van der Waals surface area contributed by atoms with E-state index in [2.05, 4.69) is 42.6 Å². The molecule has 5 rings (SSSR count). The van der Waals surface area contributed by atoms with Gasteiger partial charge in [0.25, 0.3) is 0 Å². The number of rotatable bonds is 7. The van der Waals surface area contributed by atoms with Crippen molar-refractivity contribution in [2.75, 3.05) is 18.1 Å². The number of hydrogen-bond acceptors (Lipinski definition) is 5. The van der Waals surface area contributed by atoms with Crippen molar-refractivity contribution >= 4 is 34.3 Å². The lowest BCUT2D eigenvalue weighted by Crippen LogP contribution is -2.36. The Morgan fingerprint density at radius 1 is 1.00 bits per heavy atom. The Kier molecular flexibility index (Phi) is 7.28. The number of dihydropyridines is 1. The molecule has 1 aliphatic heterocycles. The Morgan fingerprint density at radius 3 is 2.56 bits per heavy atom. The fourth-order valence-corrected chi connectivity index (χ4v) is 5.99. The monoisotopic (exact) mass is 497 g/mol. The first kappa shape index (κ1) is 24.4. The van der Waals surface area contributed by atoms with E-state index >= 15 is 0 Å². The zero-order chi connectivity index (χ0) is 25.1. The number of nitrogens with one attached hydrogen (secondary N) is 1. The summed E-state index contributed by atoms with van der Waals surface area (Å²) in [5.41, 5.74) is 5.08. The molecule has 0 spiro atoms. The van der Waals surface area contributed by atoms with Gasteiger partial charge in [-0.3, -0.25) is 4.79 Å². The van der Waals surface area contributed by atoms with Crippen LogP contribution in [0.5, 0.6) is 0 Å². The number of ether oxygens (including phenoxy) is 1. The number of allylic oxidation sites excluding steroid dienone is 3. The summed E-state index contributed by atoms with van der Waals surface area (Å²) in [5.74, 6) is 1.14. The van der Waals surface area contributed by atoms with Crippen LogP contribution >= 0.6 is 11.8 Å². The number of carbonyl (C=O) groups is 2. The molecule has 3 aromatic rings. The fraction of sp³-hybridized carbons (Fsp3) is 0.290. The normalized spacial score (nSPS) is 19.8. The number of carbonyl (C=O) groups excluding carboxylic acids is 2. The molecule has 0 bridgehead atoms. The van der Waals surface area contributed by atoms with Gasteiger partial charge in [-0.2, -0.15) is 11.8 Å². The Morgan fingerprint density at radius 2 is 1.75 bits per heavy atom. The van der Waals surface area contributed by atoms with Gasteiger partial charge < -0.3 is 10.1 Å². The molecule has 36 heavy (non-hydrogen) atoms. The van der Waals surface area contributed by atoms with Gasteiger partial charge in [-0.25, -0.2) is 4.79 Å². The van der Waals surface area contributed by atoms with Crippen molar-refractivity contribution in [2.24, 2.45) is 0 Å². The van der Waals surface area contributed by atoms with Gasteiger partial charge in [0.15, 0.2) is 5.78 Å². The molecule has 0 aromatic heterocycles. The Labute approximate surface area is 216 Å². The van der Waals surface area contributed by atoms with Crippen molar-refractivity contribution < 1.29 is 14.3 Å². The van der Waals surface area contributed by atoms with E-state index in [1.54, 1.807) is 11.8 Å². The highest BCUT2D eigenvalue weighted by molar-refractivity contribution is 7.99. The van der Waals surface area contributed by atoms with Crippen LogP contribution in [0.1, 0.15) is 49.7 Å². The maximum absolute atomic E-state index is 13.8. The minimum Gasteiger partial charge on any atom is -0.461 e. The first-order valence-corrected chi connectivity index (χ1v) is 13.8. The third kappa shape index (κ3) is 4.72. The highest BCUT2D eigenvalue weighted by atomic mass is 32.2. The van der Waals surface area contributed by atoms with E-state index < -0.39 is 5.92 Å². The maximum Gasteiger partial charge on any atom is 0.336 e. The second-order valence-corrected chi connectivity index (χ2v) is 10.7. The Bertz CT molecular complexity index is 1350. The topological polar surface area (TPSA) is 55.4 Å². The van der Waals surface area contributed by atoms with Crippen LogP contribution < -0.4 is 5.32 Å². The van der Waals surface area contributed by atoms with E-state index in [0.29, 0.717) is 24.2 Å². The van der Waals surface area contributed by atoms with Gasteiger partial charge in [-0.15, -0.1) is 0 Å². The average molecular weight is 498 g/mol. The van der Waals surface area contributed by atoms with Gasteiger partial charge in [-0.05, 0) is 46.9 Å². The molecule has 2 aliphatic rings. The fourth-order valence-electron chi connectivity index (χ4n) is 5.50. The summed E-state index contributed by atoms with van der Waals surface area (Å²) in [6.07, 6.45) is 1.17. The van der Waals surface area contributed by atoms with Crippen LogP contribution in [-0.2, 0) is 14.3 Å². The zero-order valence-corrected chi connectivity index (χ0v) is 21.6. The second-order valence-electron chi connectivity index (χ2n) is 9.33. The third-order valence-corrected chi connectivity index (χ3v) is 7.98. The van der Waals surface area contributed by atoms with Gasteiger partial charge >= 0.3 is 5.97 Å². The number of fused-ring (bicyclic) bond motifs is 1. The van der Waals surface area contributed by atoms with Crippen molar-refractivity contribution in [3.8, 4) is 0 Å². The quantitative estimate of drug-likeness (QED) is 0.298. The highest BCUT2D eigenvalue weighted by Crippen LogP contribution is 2.47. The van der Waals surface area contributed by atoms with E-state index in [1.165, 1.54) is 5.56 Å². The van der Waals surface area contributed by atoms with Crippen LogP contribution in [0.3, 0.4) is 0 Å². The standard InChI is InChI=1S/C31H31NO3S/c1-3-36-17-16-35-31(34)28-20(2)32-26-18-23(21-10-5-4-6-11-21)19-27(33)30(26)29(28)25-15-9-13-22-12-7-8-14-24(22)25/h4-15,23,29,32H,3,16-19H2,1-2H3/t23-,29+/m0/s1. The summed E-state index contributed by atoms with van der Waals surface area (Å²) in [7, 11) is 0. The average Bonchev–Trinajstić information content (AvgIpc) is 2.90. The summed E-state index contributed by atoms with van der Waals surface area (Å²) in [6.45, 7) is 4.37. The smallest absolute Gasteiger partial charge is 0.336 e. The van der Waals surface area contributed by atoms with Gasteiger partial charge in [-0.1, -0.05) is 79.7 Å². The van der Waals surface area contributed by atoms with Crippen molar-refractivity contribution in [2.45, 2.75) is 38.5 Å².